The topological polar surface area (TPSA) is 38.9 Å². The molecule has 2 aromatic heterocycles. The van der Waals surface area contributed by atoms with Gasteiger partial charge in [0.15, 0.2) is 11.4 Å². The lowest BCUT2D eigenvalue weighted by atomic mass is 10.0. The van der Waals surface area contributed by atoms with Gasteiger partial charge in [0.05, 0.1) is 0 Å². The molecule has 0 bridgehead atoms. The molecule has 0 amide bonds. The van der Waals surface area contributed by atoms with Gasteiger partial charge in [-0.05, 0) is 23.3 Å². The zero-order chi connectivity index (χ0) is 20.6. The zero-order valence-electron chi connectivity index (χ0n) is 16.7. The maximum absolute atomic E-state index is 6.18. The highest BCUT2D eigenvalue weighted by molar-refractivity contribution is 6.07. The van der Waals surface area contributed by atoms with Crippen LogP contribution in [0.3, 0.4) is 0 Å². The minimum absolute atomic E-state index is 0.692. The van der Waals surface area contributed by atoms with Crippen LogP contribution in [0.5, 0.6) is 0 Å². The number of furan rings is 1. The lowest BCUT2D eigenvalue weighted by Gasteiger charge is -2.07. The number of aromatic nitrogens is 2. The average Bonchev–Trinajstić information content (AvgIpc) is 3.23. The van der Waals surface area contributed by atoms with E-state index >= 15 is 0 Å². The molecule has 3 nitrogen and oxygen atoms in total. The zero-order valence-corrected chi connectivity index (χ0v) is 16.7. The Morgan fingerprint density at radius 3 is 1.81 bits per heavy atom. The van der Waals surface area contributed by atoms with Crippen molar-refractivity contribution in [1.82, 2.24) is 9.97 Å². The smallest absolute Gasteiger partial charge is 0.180 e. The molecule has 0 radical (unpaired) electrons. The summed E-state index contributed by atoms with van der Waals surface area (Å²) in [5.41, 5.74) is 7.53. The largest absolute Gasteiger partial charge is 0.452 e. The first-order chi connectivity index (χ1) is 15.4. The number of nitrogens with zero attached hydrogens (tertiary/aromatic N) is 2. The molecule has 0 saturated heterocycles. The van der Waals surface area contributed by atoms with Crippen LogP contribution in [0.15, 0.2) is 114 Å². The van der Waals surface area contributed by atoms with Crippen LogP contribution >= 0.6 is 0 Å². The fraction of sp³-hybridized carbons (Fsp3) is 0. The van der Waals surface area contributed by atoms with Gasteiger partial charge in [-0.15, -0.1) is 0 Å². The van der Waals surface area contributed by atoms with Gasteiger partial charge in [-0.25, -0.2) is 9.97 Å². The molecule has 0 aliphatic rings. The summed E-state index contributed by atoms with van der Waals surface area (Å²) in [6.45, 7) is 0. The summed E-state index contributed by atoms with van der Waals surface area (Å²) in [6, 6.07) is 36.9. The summed E-state index contributed by atoms with van der Waals surface area (Å²) in [4.78, 5) is 9.85. The summed E-state index contributed by atoms with van der Waals surface area (Å²) in [7, 11) is 0. The SMILES string of the molecule is c1ccc(-c2ccc(-c3nc(-c4ccccc4)c4oc5ccccc5c4n3)cc2)cc1. The van der Waals surface area contributed by atoms with Gasteiger partial charge in [0.25, 0.3) is 0 Å². The molecule has 0 aliphatic carbocycles. The number of hydrogen-bond acceptors (Lipinski definition) is 3. The highest BCUT2D eigenvalue weighted by Gasteiger charge is 2.17. The lowest BCUT2D eigenvalue weighted by molar-refractivity contribution is 0.667. The summed E-state index contributed by atoms with van der Waals surface area (Å²) in [5, 5.41) is 0.999. The van der Waals surface area contributed by atoms with Crippen molar-refractivity contribution >= 4 is 22.1 Å². The van der Waals surface area contributed by atoms with Gasteiger partial charge in [-0.2, -0.15) is 0 Å². The second kappa shape index (κ2) is 7.22. The van der Waals surface area contributed by atoms with E-state index in [0.717, 1.165) is 38.9 Å². The van der Waals surface area contributed by atoms with Crippen LogP contribution in [0.25, 0.3) is 55.8 Å². The fourth-order valence-corrected chi connectivity index (χ4v) is 3.95. The molecule has 6 aromatic rings. The standard InChI is InChI=1S/C28H18N2O/c1-3-9-19(10-4-1)20-15-17-22(18-16-20)28-29-25(21-11-5-2-6-12-21)27-26(30-28)23-13-7-8-14-24(23)31-27/h1-18H. The molecule has 0 aliphatic heterocycles. The van der Waals surface area contributed by atoms with Gasteiger partial charge in [0.1, 0.15) is 16.8 Å². The molecular formula is C28H18N2O. The Balaban J connectivity index is 1.56. The molecule has 0 atom stereocenters. The summed E-state index contributed by atoms with van der Waals surface area (Å²) in [6.07, 6.45) is 0. The molecule has 0 N–H and O–H groups in total. The van der Waals surface area contributed by atoms with E-state index in [1.165, 1.54) is 11.1 Å². The third-order valence-electron chi connectivity index (χ3n) is 5.52. The predicted octanol–water partition coefficient (Wildman–Crippen LogP) is 7.38. The molecule has 6 rings (SSSR count). The normalized spacial score (nSPS) is 11.2. The van der Waals surface area contributed by atoms with Crippen LogP contribution in [-0.4, -0.2) is 9.97 Å². The molecule has 0 fully saturated rings. The first-order valence-corrected chi connectivity index (χ1v) is 10.3. The van der Waals surface area contributed by atoms with Gasteiger partial charge in [0, 0.05) is 16.5 Å². The second-order valence-electron chi connectivity index (χ2n) is 7.48. The predicted molar refractivity (Wildman–Crippen MR) is 126 cm³/mol. The quantitative estimate of drug-likeness (QED) is 0.312. The molecule has 3 heteroatoms. The Hall–Kier alpha value is -4.24. The van der Waals surface area contributed by atoms with E-state index in [4.69, 9.17) is 14.4 Å². The molecule has 146 valence electrons. The van der Waals surface area contributed by atoms with Crippen molar-refractivity contribution in [2.45, 2.75) is 0 Å². The Morgan fingerprint density at radius 2 is 1.06 bits per heavy atom. The first kappa shape index (κ1) is 17.6. The lowest BCUT2D eigenvalue weighted by Crippen LogP contribution is -1.93. The molecule has 0 saturated carbocycles. The van der Waals surface area contributed by atoms with E-state index in [2.05, 4.69) is 60.7 Å². The van der Waals surface area contributed by atoms with E-state index in [9.17, 15) is 0 Å². The first-order valence-electron chi connectivity index (χ1n) is 10.3. The van der Waals surface area contributed by atoms with Crippen LogP contribution < -0.4 is 0 Å². The van der Waals surface area contributed by atoms with E-state index in [1.807, 2.05) is 48.5 Å². The number of fused-ring (bicyclic) bond motifs is 3. The van der Waals surface area contributed by atoms with Crippen LogP contribution in [0.4, 0.5) is 0 Å². The fourth-order valence-electron chi connectivity index (χ4n) is 3.95. The van der Waals surface area contributed by atoms with E-state index in [1.54, 1.807) is 0 Å². The van der Waals surface area contributed by atoms with Crippen molar-refractivity contribution in [2.75, 3.05) is 0 Å². The summed E-state index contributed by atoms with van der Waals surface area (Å²) >= 11 is 0. The number of hydrogen-bond donors (Lipinski definition) is 0. The van der Waals surface area contributed by atoms with Crippen LogP contribution in [0, 0.1) is 0 Å². The molecule has 2 heterocycles. The molecule has 0 spiro atoms. The van der Waals surface area contributed by atoms with E-state index in [0.29, 0.717) is 5.82 Å². The van der Waals surface area contributed by atoms with Crippen molar-refractivity contribution in [3.63, 3.8) is 0 Å². The Bertz CT molecular complexity index is 1500. The van der Waals surface area contributed by atoms with Gasteiger partial charge in [0.2, 0.25) is 0 Å². The Labute approximate surface area is 179 Å². The molecular weight excluding hydrogens is 380 g/mol. The third kappa shape index (κ3) is 3.08. The van der Waals surface area contributed by atoms with Gasteiger partial charge in [-0.3, -0.25) is 0 Å². The van der Waals surface area contributed by atoms with Crippen LogP contribution in [0.1, 0.15) is 0 Å². The summed E-state index contributed by atoms with van der Waals surface area (Å²) < 4.78 is 6.18. The number of rotatable bonds is 3. The van der Waals surface area contributed by atoms with Gasteiger partial charge < -0.3 is 4.42 Å². The van der Waals surface area contributed by atoms with Gasteiger partial charge >= 0.3 is 0 Å². The maximum atomic E-state index is 6.18. The van der Waals surface area contributed by atoms with E-state index < -0.39 is 0 Å². The third-order valence-corrected chi connectivity index (χ3v) is 5.52. The molecule has 0 unspecified atom stereocenters. The summed E-state index contributed by atoms with van der Waals surface area (Å²) in [5.74, 6) is 0.692. The van der Waals surface area contributed by atoms with Crippen molar-refractivity contribution < 1.29 is 4.42 Å². The van der Waals surface area contributed by atoms with E-state index in [-0.39, 0.29) is 0 Å². The highest BCUT2D eigenvalue weighted by atomic mass is 16.3. The maximum Gasteiger partial charge on any atom is 0.180 e. The van der Waals surface area contributed by atoms with Crippen LogP contribution in [0.2, 0.25) is 0 Å². The molecule has 4 aromatic carbocycles. The Kier molecular flexibility index (Phi) is 4.10. The number of para-hydroxylation sites is 1. The average molecular weight is 398 g/mol. The second-order valence-corrected chi connectivity index (χ2v) is 7.48. The van der Waals surface area contributed by atoms with Gasteiger partial charge in [-0.1, -0.05) is 97.1 Å². The van der Waals surface area contributed by atoms with Crippen LogP contribution in [-0.2, 0) is 0 Å². The minimum atomic E-state index is 0.692. The molecule has 31 heavy (non-hydrogen) atoms. The number of benzene rings is 4. The monoisotopic (exact) mass is 398 g/mol. The van der Waals surface area contributed by atoms with Crippen molar-refractivity contribution in [2.24, 2.45) is 0 Å². The van der Waals surface area contributed by atoms with Crippen molar-refractivity contribution in [3.8, 4) is 33.8 Å². The van der Waals surface area contributed by atoms with Crippen molar-refractivity contribution in [1.29, 1.82) is 0 Å². The Morgan fingerprint density at radius 1 is 0.484 bits per heavy atom. The van der Waals surface area contributed by atoms with Crippen molar-refractivity contribution in [3.05, 3.63) is 109 Å². The highest BCUT2D eigenvalue weighted by Crippen LogP contribution is 2.35. The minimum Gasteiger partial charge on any atom is -0.452 e.